The van der Waals surface area contributed by atoms with Crippen molar-refractivity contribution in [3.05, 3.63) is 35.4 Å². The number of nitrogens with two attached hydrogens (primary N) is 1. The summed E-state index contributed by atoms with van der Waals surface area (Å²) in [6, 6.07) is 7.31. The molecular formula is C14H19F3N2. The Morgan fingerprint density at radius 3 is 2.74 bits per heavy atom. The summed E-state index contributed by atoms with van der Waals surface area (Å²) in [4.78, 5) is 0. The number of fused-ring (bicyclic) bond motifs is 1. The van der Waals surface area contributed by atoms with E-state index in [9.17, 15) is 13.2 Å². The summed E-state index contributed by atoms with van der Waals surface area (Å²) < 4.78 is 37.3. The van der Waals surface area contributed by atoms with Gasteiger partial charge in [0.25, 0.3) is 0 Å². The molecule has 0 aromatic heterocycles. The first-order chi connectivity index (χ1) is 8.99. The van der Waals surface area contributed by atoms with E-state index in [-0.39, 0.29) is 5.92 Å². The first kappa shape index (κ1) is 14.3. The highest BCUT2D eigenvalue weighted by Gasteiger charge is 2.33. The second-order valence-corrected chi connectivity index (χ2v) is 5.21. The van der Waals surface area contributed by atoms with Gasteiger partial charge in [0, 0.05) is 6.04 Å². The van der Waals surface area contributed by atoms with Gasteiger partial charge in [0.1, 0.15) is 0 Å². The van der Waals surface area contributed by atoms with E-state index in [0.717, 1.165) is 19.3 Å². The number of hydrazine groups is 1. The van der Waals surface area contributed by atoms with Crippen LogP contribution in [0.5, 0.6) is 0 Å². The molecule has 1 aromatic rings. The third-order valence-electron chi connectivity index (χ3n) is 3.78. The van der Waals surface area contributed by atoms with E-state index in [1.54, 1.807) is 0 Å². The van der Waals surface area contributed by atoms with E-state index in [1.165, 1.54) is 11.1 Å². The SMILES string of the molecule is NNC(CC1CCCc2ccccc21)CC(F)(F)F. The molecule has 0 spiro atoms. The summed E-state index contributed by atoms with van der Waals surface area (Å²) in [5.74, 6) is 5.44. The number of benzene rings is 1. The lowest BCUT2D eigenvalue weighted by atomic mass is 9.79. The third-order valence-corrected chi connectivity index (χ3v) is 3.78. The number of hydrogen-bond donors (Lipinski definition) is 2. The summed E-state index contributed by atoms with van der Waals surface area (Å²) >= 11 is 0. The molecular weight excluding hydrogens is 253 g/mol. The van der Waals surface area contributed by atoms with E-state index in [0.29, 0.717) is 6.42 Å². The highest BCUT2D eigenvalue weighted by molar-refractivity contribution is 5.32. The second kappa shape index (κ2) is 5.92. The summed E-state index contributed by atoms with van der Waals surface area (Å²) in [5, 5.41) is 0. The van der Waals surface area contributed by atoms with Crippen molar-refractivity contribution in [3.63, 3.8) is 0 Å². The summed E-state index contributed by atoms with van der Waals surface area (Å²) in [6.45, 7) is 0. The van der Waals surface area contributed by atoms with Gasteiger partial charge in [-0.3, -0.25) is 11.3 Å². The largest absolute Gasteiger partial charge is 0.390 e. The van der Waals surface area contributed by atoms with E-state index in [4.69, 9.17) is 5.84 Å². The Kier molecular flexibility index (Phi) is 4.47. The van der Waals surface area contributed by atoms with Crippen LogP contribution in [0.1, 0.15) is 42.7 Å². The van der Waals surface area contributed by atoms with Crippen molar-refractivity contribution in [1.82, 2.24) is 5.43 Å². The number of alkyl halides is 3. The quantitative estimate of drug-likeness (QED) is 0.652. The Balaban J connectivity index is 2.07. The van der Waals surface area contributed by atoms with Crippen LogP contribution in [0.25, 0.3) is 0 Å². The zero-order valence-electron chi connectivity index (χ0n) is 10.7. The zero-order valence-corrected chi connectivity index (χ0v) is 10.7. The standard InChI is InChI=1S/C14H19F3N2/c15-14(16,17)9-12(19-18)8-11-6-3-5-10-4-1-2-7-13(10)11/h1-2,4,7,11-12,19H,3,5-6,8-9,18H2. The van der Waals surface area contributed by atoms with Crippen molar-refractivity contribution in [1.29, 1.82) is 0 Å². The van der Waals surface area contributed by atoms with Crippen LogP contribution >= 0.6 is 0 Å². The van der Waals surface area contributed by atoms with E-state index in [1.807, 2.05) is 18.2 Å². The molecule has 2 nitrogen and oxygen atoms in total. The van der Waals surface area contributed by atoms with Crippen LogP contribution < -0.4 is 11.3 Å². The smallest absolute Gasteiger partial charge is 0.271 e. The van der Waals surface area contributed by atoms with Crippen LogP contribution in [0.4, 0.5) is 13.2 Å². The number of aryl methyl sites for hydroxylation is 1. The van der Waals surface area contributed by atoms with Gasteiger partial charge in [0.15, 0.2) is 0 Å². The van der Waals surface area contributed by atoms with Gasteiger partial charge < -0.3 is 0 Å². The number of halogens is 3. The molecule has 0 radical (unpaired) electrons. The normalized spacial score (nSPS) is 20.9. The average molecular weight is 272 g/mol. The molecule has 0 heterocycles. The van der Waals surface area contributed by atoms with E-state index in [2.05, 4.69) is 11.5 Å². The molecule has 0 saturated heterocycles. The molecule has 2 atom stereocenters. The van der Waals surface area contributed by atoms with Crippen molar-refractivity contribution >= 4 is 0 Å². The molecule has 0 aliphatic heterocycles. The number of hydrogen-bond acceptors (Lipinski definition) is 2. The molecule has 19 heavy (non-hydrogen) atoms. The van der Waals surface area contributed by atoms with Gasteiger partial charge in [-0.05, 0) is 42.7 Å². The lowest BCUT2D eigenvalue weighted by Gasteiger charge is -2.29. The molecule has 106 valence electrons. The first-order valence-electron chi connectivity index (χ1n) is 6.60. The summed E-state index contributed by atoms with van der Waals surface area (Å²) in [7, 11) is 0. The predicted octanol–water partition coefficient (Wildman–Crippen LogP) is 3.28. The topological polar surface area (TPSA) is 38.0 Å². The highest BCUT2D eigenvalue weighted by Crippen LogP contribution is 2.36. The fraction of sp³-hybridized carbons (Fsp3) is 0.571. The molecule has 0 bridgehead atoms. The Morgan fingerprint density at radius 1 is 1.32 bits per heavy atom. The van der Waals surface area contributed by atoms with Crippen molar-refractivity contribution < 1.29 is 13.2 Å². The first-order valence-corrected chi connectivity index (χ1v) is 6.60. The Morgan fingerprint density at radius 2 is 2.05 bits per heavy atom. The maximum atomic E-state index is 12.4. The molecule has 0 amide bonds. The van der Waals surface area contributed by atoms with Gasteiger partial charge in [0.05, 0.1) is 6.42 Å². The number of nitrogens with one attached hydrogen (secondary N) is 1. The minimum Gasteiger partial charge on any atom is -0.271 e. The lowest BCUT2D eigenvalue weighted by Crippen LogP contribution is -2.39. The van der Waals surface area contributed by atoms with Crippen LogP contribution in [-0.2, 0) is 6.42 Å². The van der Waals surface area contributed by atoms with Crippen LogP contribution in [0, 0.1) is 0 Å². The maximum absolute atomic E-state index is 12.4. The Labute approximate surface area is 111 Å². The minimum absolute atomic E-state index is 0.174. The monoisotopic (exact) mass is 272 g/mol. The van der Waals surface area contributed by atoms with Gasteiger partial charge in [-0.25, -0.2) is 0 Å². The molecule has 0 saturated carbocycles. The van der Waals surface area contributed by atoms with Crippen LogP contribution in [0.15, 0.2) is 24.3 Å². The predicted molar refractivity (Wildman–Crippen MR) is 68.5 cm³/mol. The fourth-order valence-electron chi connectivity index (χ4n) is 2.93. The van der Waals surface area contributed by atoms with E-state index < -0.39 is 18.6 Å². The minimum atomic E-state index is -4.18. The zero-order chi connectivity index (χ0) is 13.9. The van der Waals surface area contributed by atoms with Crippen molar-refractivity contribution in [2.24, 2.45) is 5.84 Å². The van der Waals surface area contributed by atoms with E-state index >= 15 is 0 Å². The Bertz CT molecular complexity index is 417. The van der Waals surface area contributed by atoms with Crippen LogP contribution in [-0.4, -0.2) is 12.2 Å². The van der Waals surface area contributed by atoms with Crippen LogP contribution in [0.3, 0.4) is 0 Å². The maximum Gasteiger partial charge on any atom is 0.390 e. The van der Waals surface area contributed by atoms with Crippen LogP contribution in [0.2, 0.25) is 0 Å². The Hall–Kier alpha value is -1.07. The lowest BCUT2D eigenvalue weighted by molar-refractivity contribution is -0.140. The molecule has 0 fully saturated rings. The average Bonchev–Trinajstić information content (AvgIpc) is 2.37. The molecule has 1 aliphatic carbocycles. The van der Waals surface area contributed by atoms with Gasteiger partial charge in [-0.15, -0.1) is 0 Å². The van der Waals surface area contributed by atoms with Gasteiger partial charge in [0.2, 0.25) is 0 Å². The van der Waals surface area contributed by atoms with Gasteiger partial charge in [-0.2, -0.15) is 13.2 Å². The molecule has 2 rings (SSSR count). The van der Waals surface area contributed by atoms with Crippen molar-refractivity contribution in [3.8, 4) is 0 Å². The highest BCUT2D eigenvalue weighted by atomic mass is 19.4. The summed E-state index contributed by atoms with van der Waals surface area (Å²) in [6.07, 6.45) is -1.62. The number of rotatable bonds is 4. The molecule has 1 aromatic carbocycles. The molecule has 3 N–H and O–H groups in total. The molecule has 1 aliphatic rings. The molecule has 5 heteroatoms. The van der Waals surface area contributed by atoms with Crippen molar-refractivity contribution in [2.45, 2.75) is 50.2 Å². The van der Waals surface area contributed by atoms with Gasteiger partial charge >= 0.3 is 6.18 Å². The summed E-state index contributed by atoms with van der Waals surface area (Å²) in [5.41, 5.74) is 4.77. The third kappa shape index (κ3) is 3.94. The molecule has 2 unspecified atom stereocenters. The second-order valence-electron chi connectivity index (χ2n) is 5.21. The fourth-order valence-corrected chi connectivity index (χ4v) is 2.93. The van der Waals surface area contributed by atoms with Gasteiger partial charge in [-0.1, -0.05) is 24.3 Å². The van der Waals surface area contributed by atoms with Crippen molar-refractivity contribution in [2.75, 3.05) is 0 Å².